The molecule has 26 heavy (non-hydrogen) atoms. The van der Waals surface area contributed by atoms with Crippen LogP contribution in [0.3, 0.4) is 0 Å². The van der Waals surface area contributed by atoms with Crippen LogP contribution in [0.4, 0.5) is 14.7 Å². The number of aliphatic hydroxyl groups excluding tert-OH is 1. The molecule has 0 aliphatic heterocycles. The Hall–Kier alpha value is -3.07. The van der Waals surface area contributed by atoms with E-state index in [9.17, 15) is 18.7 Å². The molecule has 1 atom stereocenters. The van der Waals surface area contributed by atoms with Gasteiger partial charge in [-0.1, -0.05) is 0 Å². The second-order valence-corrected chi connectivity index (χ2v) is 5.67. The monoisotopic (exact) mass is 362 g/mol. The van der Waals surface area contributed by atoms with E-state index in [0.29, 0.717) is 23.0 Å². The van der Waals surface area contributed by atoms with E-state index in [2.05, 4.69) is 15.3 Å². The predicted molar refractivity (Wildman–Crippen MR) is 91.5 cm³/mol. The number of nitrogens with zero attached hydrogens (tertiary/aromatic N) is 3. The second-order valence-electron chi connectivity index (χ2n) is 5.67. The lowest BCUT2D eigenvalue weighted by Gasteiger charge is -2.14. The summed E-state index contributed by atoms with van der Waals surface area (Å²) in [6.45, 7) is 1.48. The van der Waals surface area contributed by atoms with E-state index in [-0.39, 0.29) is 18.0 Å². The molecule has 2 heterocycles. The predicted octanol–water partition coefficient (Wildman–Crippen LogP) is 2.28. The molecule has 1 aromatic carbocycles. The molecule has 0 fully saturated rings. The Balaban J connectivity index is 2.16. The van der Waals surface area contributed by atoms with E-state index in [0.717, 1.165) is 12.1 Å². The van der Waals surface area contributed by atoms with Crippen molar-refractivity contribution in [2.45, 2.75) is 19.6 Å². The van der Waals surface area contributed by atoms with Gasteiger partial charge in [-0.15, -0.1) is 0 Å². The van der Waals surface area contributed by atoms with Gasteiger partial charge in [0, 0.05) is 24.7 Å². The number of nitrogens with one attached hydrogen (secondary N) is 1. The third-order valence-corrected chi connectivity index (χ3v) is 3.58. The highest BCUT2D eigenvalue weighted by atomic mass is 19.1. The molecule has 0 radical (unpaired) electrons. The summed E-state index contributed by atoms with van der Waals surface area (Å²) in [5, 5.41) is 12.9. The van der Waals surface area contributed by atoms with Gasteiger partial charge in [-0.25, -0.2) is 13.8 Å². The number of aliphatic hydroxyl groups is 1. The molecule has 3 rings (SSSR count). The van der Waals surface area contributed by atoms with Gasteiger partial charge in [-0.2, -0.15) is 4.98 Å². The molecule has 0 amide bonds. The average Bonchev–Trinajstić information content (AvgIpc) is 2.60. The summed E-state index contributed by atoms with van der Waals surface area (Å²) in [7, 11) is 1.63. The molecule has 136 valence electrons. The van der Waals surface area contributed by atoms with E-state index in [1.165, 1.54) is 23.8 Å². The number of fused-ring (bicyclic) bond motifs is 1. The van der Waals surface area contributed by atoms with Gasteiger partial charge < -0.3 is 15.2 Å². The largest absolute Gasteiger partial charge is 0.448 e. The lowest BCUT2D eigenvalue weighted by Crippen LogP contribution is -2.27. The third-order valence-electron chi connectivity index (χ3n) is 3.58. The van der Waals surface area contributed by atoms with Crippen molar-refractivity contribution >= 4 is 17.0 Å². The zero-order chi connectivity index (χ0) is 18.8. The first-order valence-corrected chi connectivity index (χ1v) is 7.78. The summed E-state index contributed by atoms with van der Waals surface area (Å²) >= 11 is 0. The van der Waals surface area contributed by atoms with Crippen LogP contribution in [0.15, 0.2) is 35.3 Å². The van der Waals surface area contributed by atoms with Gasteiger partial charge >= 0.3 is 0 Å². The lowest BCUT2D eigenvalue weighted by molar-refractivity contribution is 0.173. The van der Waals surface area contributed by atoms with E-state index >= 15 is 0 Å². The molecular formula is C17H16F2N4O3. The van der Waals surface area contributed by atoms with Crippen LogP contribution in [0.5, 0.6) is 11.5 Å². The molecule has 3 aromatic rings. The summed E-state index contributed by atoms with van der Waals surface area (Å²) in [5.41, 5.74) is -0.315. The maximum Gasteiger partial charge on any atom is 0.295 e. The minimum Gasteiger partial charge on any atom is -0.448 e. The zero-order valence-corrected chi connectivity index (χ0v) is 14.0. The van der Waals surface area contributed by atoms with Crippen LogP contribution < -0.4 is 15.6 Å². The number of aromatic nitrogens is 3. The van der Waals surface area contributed by atoms with Crippen LogP contribution in [0.1, 0.15) is 6.92 Å². The lowest BCUT2D eigenvalue weighted by atomic mass is 10.3. The Kier molecular flexibility index (Phi) is 4.81. The van der Waals surface area contributed by atoms with Gasteiger partial charge in [0.1, 0.15) is 11.5 Å². The highest BCUT2D eigenvalue weighted by Gasteiger charge is 2.16. The number of hydrogen-bond acceptors (Lipinski definition) is 6. The van der Waals surface area contributed by atoms with Gasteiger partial charge in [0.15, 0.2) is 17.3 Å². The minimum absolute atomic E-state index is 0.0431. The fraction of sp³-hybridized carbons (Fsp3) is 0.235. The topological polar surface area (TPSA) is 89.3 Å². The quantitative estimate of drug-likeness (QED) is 0.724. The van der Waals surface area contributed by atoms with Crippen molar-refractivity contribution in [2.75, 3.05) is 12.4 Å². The highest BCUT2D eigenvalue weighted by molar-refractivity contribution is 5.77. The molecule has 0 aliphatic rings. The van der Waals surface area contributed by atoms with Crippen molar-refractivity contribution in [1.82, 2.24) is 14.5 Å². The Morgan fingerprint density at radius 1 is 1.31 bits per heavy atom. The van der Waals surface area contributed by atoms with E-state index in [1.54, 1.807) is 7.05 Å². The maximum atomic E-state index is 13.8. The summed E-state index contributed by atoms with van der Waals surface area (Å²) in [6.07, 6.45) is 0.640. The standard InChI is InChI=1S/C17H16F2N4O3/c1-9(24)8-23-15-10(7-21-17(20-2)22-15)5-14(16(23)25)26-13-4-3-11(18)6-12(13)19/h3-7,9,24H,8H2,1-2H3,(H,20,21,22). The molecule has 0 spiro atoms. The summed E-state index contributed by atoms with van der Waals surface area (Å²) in [6, 6.07) is 4.15. The van der Waals surface area contributed by atoms with E-state index < -0.39 is 23.3 Å². The number of pyridine rings is 1. The average molecular weight is 362 g/mol. The van der Waals surface area contributed by atoms with Crippen LogP contribution in [-0.4, -0.2) is 32.8 Å². The third kappa shape index (κ3) is 3.47. The smallest absolute Gasteiger partial charge is 0.295 e. The van der Waals surface area contributed by atoms with Crippen molar-refractivity contribution in [3.05, 3.63) is 52.5 Å². The molecule has 7 nitrogen and oxygen atoms in total. The first kappa shape index (κ1) is 17.7. The SMILES string of the molecule is CNc1ncc2cc(Oc3ccc(F)cc3F)c(=O)n(CC(C)O)c2n1. The van der Waals surface area contributed by atoms with Gasteiger partial charge in [0.05, 0.1) is 12.6 Å². The molecule has 0 aliphatic carbocycles. The molecule has 2 N–H and O–H groups in total. The molecule has 9 heteroatoms. The Morgan fingerprint density at radius 2 is 2.08 bits per heavy atom. The number of benzene rings is 1. The summed E-state index contributed by atoms with van der Waals surface area (Å²) < 4.78 is 33.5. The molecule has 0 saturated heterocycles. The highest BCUT2D eigenvalue weighted by Crippen LogP contribution is 2.25. The number of hydrogen-bond donors (Lipinski definition) is 2. The first-order valence-electron chi connectivity index (χ1n) is 7.78. The molecule has 0 saturated carbocycles. The van der Waals surface area contributed by atoms with Crippen LogP contribution in [-0.2, 0) is 6.54 Å². The van der Waals surface area contributed by atoms with Gasteiger partial charge in [0.2, 0.25) is 5.95 Å². The van der Waals surface area contributed by atoms with Crippen LogP contribution in [0.2, 0.25) is 0 Å². The van der Waals surface area contributed by atoms with E-state index in [1.807, 2.05) is 0 Å². The molecule has 1 unspecified atom stereocenters. The zero-order valence-electron chi connectivity index (χ0n) is 14.0. The van der Waals surface area contributed by atoms with Crippen molar-refractivity contribution in [3.63, 3.8) is 0 Å². The van der Waals surface area contributed by atoms with Gasteiger partial charge in [-0.3, -0.25) is 9.36 Å². The minimum atomic E-state index is -0.937. The van der Waals surface area contributed by atoms with E-state index in [4.69, 9.17) is 4.74 Å². The molecular weight excluding hydrogens is 346 g/mol. The first-order chi connectivity index (χ1) is 12.4. The Labute approximate surface area is 146 Å². The number of halogens is 2. The van der Waals surface area contributed by atoms with Crippen molar-refractivity contribution < 1.29 is 18.6 Å². The number of ether oxygens (including phenoxy) is 1. The summed E-state index contributed by atoms with van der Waals surface area (Å²) in [4.78, 5) is 21.1. The van der Waals surface area contributed by atoms with Gasteiger partial charge in [0.25, 0.3) is 5.56 Å². The number of anilines is 1. The molecule has 0 bridgehead atoms. The fourth-order valence-corrected chi connectivity index (χ4v) is 2.44. The van der Waals surface area contributed by atoms with Crippen LogP contribution in [0, 0.1) is 11.6 Å². The molecule has 2 aromatic heterocycles. The second kappa shape index (κ2) is 7.04. The number of rotatable bonds is 5. The fourth-order valence-electron chi connectivity index (χ4n) is 2.44. The van der Waals surface area contributed by atoms with Crippen LogP contribution in [0.25, 0.3) is 11.0 Å². The van der Waals surface area contributed by atoms with Crippen molar-refractivity contribution in [3.8, 4) is 11.5 Å². The Bertz CT molecular complexity index is 1020. The van der Waals surface area contributed by atoms with Crippen molar-refractivity contribution in [1.29, 1.82) is 0 Å². The van der Waals surface area contributed by atoms with Gasteiger partial charge in [-0.05, 0) is 25.1 Å². The summed E-state index contributed by atoms with van der Waals surface area (Å²) in [5.74, 6) is -1.88. The maximum absolute atomic E-state index is 13.8. The van der Waals surface area contributed by atoms with Crippen LogP contribution >= 0.6 is 0 Å². The Morgan fingerprint density at radius 3 is 2.73 bits per heavy atom. The normalized spacial score (nSPS) is 12.2. The van der Waals surface area contributed by atoms with Crippen molar-refractivity contribution in [2.24, 2.45) is 0 Å².